The molecule has 0 aliphatic heterocycles. The first-order valence-electron chi connectivity index (χ1n) is 8.51. The lowest BCUT2D eigenvalue weighted by Gasteiger charge is -2.21. The van der Waals surface area contributed by atoms with Crippen molar-refractivity contribution in [3.05, 3.63) is 23.2 Å². The molecule has 10 heteroatoms. The highest BCUT2D eigenvalue weighted by molar-refractivity contribution is 14.0. The Bertz CT molecular complexity index is 590. The Morgan fingerprint density at radius 3 is 2.48 bits per heavy atom. The molecule has 0 spiro atoms. The minimum atomic E-state index is -4.31. The number of ether oxygens (including phenoxy) is 1. The Hall–Kier alpha value is -1.01. The molecule has 0 aliphatic rings. The maximum absolute atomic E-state index is 12.0. The zero-order valence-corrected chi connectivity index (χ0v) is 18.4. The summed E-state index contributed by atoms with van der Waals surface area (Å²) in [6.45, 7) is 7.01. The van der Waals surface area contributed by atoms with Gasteiger partial charge in [-0.1, -0.05) is 0 Å². The first kappa shape index (κ1) is 26.0. The molecular formula is C17H29F3IN3O3. The quantitative estimate of drug-likeness (QED) is 0.207. The molecule has 3 N–H and O–H groups in total. The molecule has 0 saturated carbocycles. The largest absolute Gasteiger partial charge is 0.466 e. The van der Waals surface area contributed by atoms with E-state index in [-0.39, 0.29) is 37.1 Å². The topological polar surface area (TPSA) is 79.0 Å². The van der Waals surface area contributed by atoms with E-state index in [0.29, 0.717) is 42.6 Å². The molecule has 0 saturated heterocycles. The number of hydrogen-bond donors (Lipinski definition) is 3. The van der Waals surface area contributed by atoms with Gasteiger partial charge in [-0.2, -0.15) is 13.2 Å². The molecule has 1 aromatic rings. The Morgan fingerprint density at radius 1 is 1.30 bits per heavy atom. The second-order valence-electron chi connectivity index (χ2n) is 6.24. The predicted octanol–water partition coefficient (Wildman–Crippen LogP) is 3.25. The first-order chi connectivity index (χ1) is 12.0. The highest BCUT2D eigenvalue weighted by Gasteiger charge is 2.28. The third-order valence-corrected chi connectivity index (χ3v) is 3.53. The van der Waals surface area contributed by atoms with Crippen LogP contribution in [0.4, 0.5) is 13.2 Å². The van der Waals surface area contributed by atoms with Gasteiger partial charge < -0.3 is 24.9 Å². The van der Waals surface area contributed by atoms with Gasteiger partial charge in [0.25, 0.3) is 0 Å². The van der Waals surface area contributed by atoms with Crippen LogP contribution < -0.4 is 10.6 Å². The monoisotopic (exact) mass is 507 g/mol. The summed E-state index contributed by atoms with van der Waals surface area (Å²) in [5.74, 6) is 1.83. The van der Waals surface area contributed by atoms with Crippen LogP contribution in [0.2, 0.25) is 0 Å². The lowest BCUT2D eigenvalue weighted by molar-refractivity contribution is -0.173. The number of halogens is 4. The van der Waals surface area contributed by atoms with E-state index in [0.717, 1.165) is 0 Å². The molecule has 1 atom stereocenters. The Morgan fingerprint density at radius 2 is 1.96 bits per heavy atom. The summed E-state index contributed by atoms with van der Waals surface area (Å²) in [6.07, 6.45) is -3.91. The molecule has 0 fully saturated rings. The number of aryl methyl sites for hydroxylation is 2. The van der Waals surface area contributed by atoms with E-state index in [1.807, 2.05) is 13.8 Å². The smallest absolute Gasteiger partial charge is 0.411 e. The lowest BCUT2D eigenvalue weighted by atomic mass is 9.96. The van der Waals surface area contributed by atoms with Gasteiger partial charge >= 0.3 is 6.18 Å². The van der Waals surface area contributed by atoms with Crippen molar-refractivity contribution in [1.82, 2.24) is 10.6 Å². The maximum atomic E-state index is 12.0. The van der Waals surface area contributed by atoms with Crippen molar-refractivity contribution in [3.8, 4) is 0 Å². The molecule has 0 radical (unpaired) electrons. The molecule has 0 aliphatic carbocycles. The fourth-order valence-corrected chi connectivity index (χ4v) is 2.39. The molecule has 1 unspecified atom stereocenters. The van der Waals surface area contributed by atoms with Gasteiger partial charge in [0, 0.05) is 25.3 Å². The van der Waals surface area contributed by atoms with Crippen molar-refractivity contribution in [2.24, 2.45) is 4.99 Å². The van der Waals surface area contributed by atoms with Crippen LogP contribution in [-0.4, -0.2) is 50.1 Å². The zero-order chi connectivity index (χ0) is 19.8. The average molecular weight is 507 g/mol. The molecule has 1 aromatic heterocycles. The van der Waals surface area contributed by atoms with Gasteiger partial charge in [-0.25, -0.2) is 4.99 Å². The Kier molecular flexibility index (Phi) is 11.3. The van der Waals surface area contributed by atoms with Crippen LogP contribution in [0.1, 0.15) is 37.4 Å². The van der Waals surface area contributed by atoms with Crippen molar-refractivity contribution >= 4 is 29.9 Å². The third-order valence-electron chi connectivity index (χ3n) is 3.53. The van der Waals surface area contributed by atoms with Gasteiger partial charge in [0.15, 0.2) is 5.96 Å². The van der Waals surface area contributed by atoms with Gasteiger partial charge in [0.1, 0.15) is 23.7 Å². The van der Waals surface area contributed by atoms with E-state index in [9.17, 15) is 18.3 Å². The third kappa shape index (κ3) is 10.2. The summed E-state index contributed by atoms with van der Waals surface area (Å²) >= 11 is 0. The standard InChI is InChI=1S/C17H28F3N3O3.HI/c1-5-21-15(22-7-6-8-25-11-17(18,19)20)23-10-16(4,24)14-9-12(2)26-13(14)3;/h9,24H,5-8,10-11H2,1-4H3,(H2,21,22,23);1H. The molecule has 0 amide bonds. The van der Waals surface area contributed by atoms with Crippen LogP contribution >= 0.6 is 24.0 Å². The number of aliphatic hydroxyl groups is 1. The van der Waals surface area contributed by atoms with E-state index >= 15 is 0 Å². The lowest BCUT2D eigenvalue weighted by Crippen LogP contribution is -2.39. The number of rotatable bonds is 9. The molecule has 158 valence electrons. The fourth-order valence-electron chi connectivity index (χ4n) is 2.39. The summed E-state index contributed by atoms with van der Waals surface area (Å²) in [5.41, 5.74) is -0.518. The number of furan rings is 1. The number of hydrogen-bond acceptors (Lipinski definition) is 4. The predicted molar refractivity (Wildman–Crippen MR) is 109 cm³/mol. The minimum Gasteiger partial charge on any atom is -0.466 e. The van der Waals surface area contributed by atoms with E-state index in [2.05, 4.69) is 20.4 Å². The molecule has 1 heterocycles. The van der Waals surface area contributed by atoms with Gasteiger partial charge in [-0.05, 0) is 40.2 Å². The molecule has 27 heavy (non-hydrogen) atoms. The number of guanidine groups is 1. The summed E-state index contributed by atoms with van der Waals surface area (Å²) in [6, 6.07) is 1.78. The molecule has 6 nitrogen and oxygen atoms in total. The van der Waals surface area contributed by atoms with Gasteiger partial charge in [0.05, 0.1) is 6.54 Å². The summed E-state index contributed by atoms with van der Waals surface area (Å²) < 4.78 is 45.9. The summed E-state index contributed by atoms with van der Waals surface area (Å²) in [7, 11) is 0. The highest BCUT2D eigenvalue weighted by Crippen LogP contribution is 2.27. The van der Waals surface area contributed by atoms with Crippen molar-refractivity contribution in [2.75, 3.05) is 32.8 Å². The number of aliphatic imine (C=N–C) groups is 1. The van der Waals surface area contributed by atoms with E-state index in [4.69, 9.17) is 4.42 Å². The average Bonchev–Trinajstić information content (AvgIpc) is 2.86. The Balaban J connectivity index is 0.00000676. The van der Waals surface area contributed by atoms with E-state index in [1.54, 1.807) is 19.9 Å². The van der Waals surface area contributed by atoms with Crippen molar-refractivity contribution in [2.45, 2.75) is 45.9 Å². The SMILES string of the molecule is CCNC(=NCC(C)(O)c1cc(C)oc1C)NCCCOCC(F)(F)F.I. The molecule has 0 bridgehead atoms. The summed E-state index contributed by atoms with van der Waals surface area (Å²) in [4.78, 5) is 4.35. The second-order valence-corrected chi connectivity index (χ2v) is 6.24. The van der Waals surface area contributed by atoms with Gasteiger partial charge in [-0.3, -0.25) is 0 Å². The van der Waals surface area contributed by atoms with Crippen molar-refractivity contribution in [1.29, 1.82) is 0 Å². The summed E-state index contributed by atoms with van der Waals surface area (Å²) in [5, 5.41) is 16.7. The zero-order valence-electron chi connectivity index (χ0n) is 16.1. The van der Waals surface area contributed by atoms with Crippen LogP contribution in [0, 0.1) is 13.8 Å². The maximum Gasteiger partial charge on any atom is 0.411 e. The van der Waals surface area contributed by atoms with Crippen LogP contribution in [0.25, 0.3) is 0 Å². The van der Waals surface area contributed by atoms with E-state index in [1.165, 1.54) is 0 Å². The van der Waals surface area contributed by atoms with Gasteiger partial charge in [0.2, 0.25) is 0 Å². The van der Waals surface area contributed by atoms with Crippen molar-refractivity contribution in [3.63, 3.8) is 0 Å². The number of alkyl halides is 3. The second kappa shape index (κ2) is 11.7. The normalized spacial score (nSPS) is 14.4. The first-order valence-corrected chi connectivity index (χ1v) is 8.51. The molecular weight excluding hydrogens is 478 g/mol. The van der Waals surface area contributed by atoms with Crippen LogP contribution in [0.15, 0.2) is 15.5 Å². The molecule has 1 rings (SSSR count). The van der Waals surface area contributed by atoms with Gasteiger partial charge in [-0.15, -0.1) is 24.0 Å². The van der Waals surface area contributed by atoms with Crippen LogP contribution in [-0.2, 0) is 10.3 Å². The minimum absolute atomic E-state index is 0. The highest BCUT2D eigenvalue weighted by atomic mass is 127. The molecule has 0 aromatic carbocycles. The van der Waals surface area contributed by atoms with Crippen LogP contribution in [0.5, 0.6) is 0 Å². The number of nitrogens with one attached hydrogen (secondary N) is 2. The van der Waals surface area contributed by atoms with Crippen molar-refractivity contribution < 1.29 is 27.4 Å². The van der Waals surface area contributed by atoms with Crippen LogP contribution in [0.3, 0.4) is 0 Å². The fraction of sp³-hybridized carbons (Fsp3) is 0.706. The number of nitrogens with zero attached hydrogens (tertiary/aromatic N) is 1. The van der Waals surface area contributed by atoms with E-state index < -0.39 is 18.4 Å². The Labute approximate surface area is 175 Å².